The number of hydrogen-bond donors (Lipinski definition) is 1. The second-order valence-electron chi connectivity index (χ2n) is 5.86. The fraction of sp³-hybridized carbons (Fsp3) is 0.667. The summed E-state index contributed by atoms with van der Waals surface area (Å²) in [4.78, 5) is 4.39. The minimum absolute atomic E-state index is 0.141. The Labute approximate surface area is 122 Å². The predicted molar refractivity (Wildman–Crippen MR) is 77.4 cm³/mol. The Morgan fingerprint density at radius 1 is 1.30 bits per heavy atom. The summed E-state index contributed by atoms with van der Waals surface area (Å²) in [5.74, 6) is 2.28. The van der Waals surface area contributed by atoms with Gasteiger partial charge in [0, 0.05) is 11.5 Å². The minimum Gasteiger partial charge on any atom is -0.368 e. The summed E-state index contributed by atoms with van der Waals surface area (Å²) < 4.78 is 7.14. The van der Waals surface area contributed by atoms with Crippen LogP contribution in [-0.2, 0) is 11.2 Å². The summed E-state index contributed by atoms with van der Waals surface area (Å²) in [7, 11) is 0. The Morgan fingerprint density at radius 2 is 2.00 bits per heavy atom. The van der Waals surface area contributed by atoms with Gasteiger partial charge in [0.1, 0.15) is 0 Å². The molecule has 0 aliphatic heterocycles. The summed E-state index contributed by atoms with van der Waals surface area (Å²) in [6.07, 6.45) is 0. The van der Waals surface area contributed by atoms with Crippen LogP contribution in [0.5, 0.6) is 0 Å². The molecule has 0 bridgehead atoms. The van der Waals surface area contributed by atoms with Gasteiger partial charge in [-0.25, -0.2) is 0 Å². The zero-order valence-electron chi connectivity index (χ0n) is 12.4. The summed E-state index contributed by atoms with van der Waals surface area (Å²) in [6.45, 7) is 10.2. The second kappa shape index (κ2) is 5.43. The normalized spacial score (nSPS) is 12.3. The second-order valence-corrected chi connectivity index (χ2v) is 6.80. The van der Waals surface area contributed by atoms with Crippen molar-refractivity contribution in [2.45, 2.75) is 57.0 Å². The van der Waals surface area contributed by atoms with E-state index < -0.39 is 0 Å². The van der Waals surface area contributed by atoms with E-state index in [0.717, 1.165) is 5.16 Å². The molecule has 0 unspecified atom stereocenters. The Bertz CT molecular complexity index is 583. The summed E-state index contributed by atoms with van der Waals surface area (Å²) in [5.41, 5.74) is 5.66. The van der Waals surface area contributed by atoms with Crippen molar-refractivity contribution in [3.63, 3.8) is 0 Å². The quantitative estimate of drug-likeness (QED) is 0.865. The van der Waals surface area contributed by atoms with E-state index in [1.54, 1.807) is 0 Å². The van der Waals surface area contributed by atoms with Crippen LogP contribution in [0.25, 0.3) is 0 Å². The van der Waals surface area contributed by atoms with E-state index in [1.807, 2.05) is 39.2 Å². The molecule has 20 heavy (non-hydrogen) atoms. The minimum atomic E-state index is -0.141. The molecular weight excluding hydrogens is 276 g/mol. The van der Waals surface area contributed by atoms with Gasteiger partial charge in [-0.15, -0.1) is 10.2 Å². The van der Waals surface area contributed by atoms with E-state index in [-0.39, 0.29) is 11.5 Å². The molecule has 0 aliphatic carbocycles. The molecule has 2 aromatic heterocycles. The molecule has 8 heteroatoms. The monoisotopic (exact) mass is 296 g/mol. The van der Waals surface area contributed by atoms with Crippen LogP contribution in [0.15, 0.2) is 9.68 Å². The lowest BCUT2D eigenvalue weighted by molar-refractivity contribution is 0.319. The molecule has 0 radical (unpaired) electrons. The highest BCUT2D eigenvalue weighted by Crippen LogP contribution is 2.26. The third kappa shape index (κ3) is 3.12. The SMILES string of the molecule is CC(C)n1c(N)nnc1SCc1noc(C(C)(C)C)n1. The van der Waals surface area contributed by atoms with Crippen molar-refractivity contribution in [1.82, 2.24) is 24.9 Å². The van der Waals surface area contributed by atoms with Gasteiger partial charge in [-0.05, 0) is 13.8 Å². The van der Waals surface area contributed by atoms with Gasteiger partial charge in [-0.3, -0.25) is 4.57 Å². The number of nitrogens with two attached hydrogens (primary N) is 1. The van der Waals surface area contributed by atoms with Crippen LogP contribution < -0.4 is 5.73 Å². The molecule has 2 aromatic rings. The predicted octanol–water partition coefficient (Wildman–Crippen LogP) is 2.41. The van der Waals surface area contributed by atoms with Crippen molar-refractivity contribution in [3.05, 3.63) is 11.7 Å². The average Bonchev–Trinajstić information content (AvgIpc) is 2.91. The first kappa shape index (κ1) is 14.8. The van der Waals surface area contributed by atoms with Gasteiger partial charge in [0.15, 0.2) is 11.0 Å². The molecule has 0 saturated heterocycles. The number of hydrogen-bond acceptors (Lipinski definition) is 7. The van der Waals surface area contributed by atoms with Crippen LogP contribution in [0.4, 0.5) is 5.95 Å². The van der Waals surface area contributed by atoms with E-state index in [9.17, 15) is 0 Å². The zero-order valence-corrected chi connectivity index (χ0v) is 13.2. The van der Waals surface area contributed by atoms with E-state index >= 15 is 0 Å². The molecule has 0 atom stereocenters. The average molecular weight is 296 g/mol. The van der Waals surface area contributed by atoms with Gasteiger partial charge in [-0.2, -0.15) is 4.98 Å². The highest BCUT2D eigenvalue weighted by molar-refractivity contribution is 7.98. The van der Waals surface area contributed by atoms with Crippen molar-refractivity contribution in [2.24, 2.45) is 0 Å². The lowest BCUT2D eigenvalue weighted by atomic mass is 9.97. The van der Waals surface area contributed by atoms with Crippen LogP contribution in [0, 0.1) is 0 Å². The van der Waals surface area contributed by atoms with E-state index in [0.29, 0.717) is 23.4 Å². The summed E-state index contributed by atoms with van der Waals surface area (Å²) in [6, 6.07) is 0.211. The van der Waals surface area contributed by atoms with Crippen molar-refractivity contribution in [2.75, 3.05) is 5.73 Å². The van der Waals surface area contributed by atoms with Crippen LogP contribution in [0.3, 0.4) is 0 Å². The largest absolute Gasteiger partial charge is 0.368 e. The lowest BCUT2D eigenvalue weighted by Crippen LogP contribution is -2.11. The molecule has 0 aromatic carbocycles. The van der Waals surface area contributed by atoms with Crippen molar-refractivity contribution < 1.29 is 4.52 Å². The number of aromatic nitrogens is 5. The van der Waals surface area contributed by atoms with E-state index in [4.69, 9.17) is 10.3 Å². The molecule has 2 rings (SSSR count). The Morgan fingerprint density at radius 3 is 2.55 bits per heavy atom. The maximum Gasteiger partial charge on any atom is 0.232 e. The third-order valence-electron chi connectivity index (χ3n) is 2.65. The van der Waals surface area contributed by atoms with E-state index in [1.165, 1.54) is 11.8 Å². The molecule has 0 amide bonds. The smallest absolute Gasteiger partial charge is 0.232 e. The summed E-state index contributed by atoms with van der Waals surface area (Å²) >= 11 is 1.50. The van der Waals surface area contributed by atoms with Gasteiger partial charge in [0.2, 0.25) is 11.8 Å². The molecule has 2 N–H and O–H groups in total. The van der Waals surface area contributed by atoms with Crippen LogP contribution in [-0.4, -0.2) is 24.9 Å². The first-order chi connectivity index (χ1) is 9.29. The highest BCUT2D eigenvalue weighted by Gasteiger charge is 2.22. The van der Waals surface area contributed by atoms with Crippen molar-refractivity contribution in [3.8, 4) is 0 Å². The number of anilines is 1. The van der Waals surface area contributed by atoms with Gasteiger partial charge in [0.05, 0.1) is 5.75 Å². The van der Waals surface area contributed by atoms with Gasteiger partial charge < -0.3 is 10.3 Å². The first-order valence-electron chi connectivity index (χ1n) is 6.45. The highest BCUT2D eigenvalue weighted by atomic mass is 32.2. The fourth-order valence-corrected chi connectivity index (χ4v) is 2.54. The first-order valence-corrected chi connectivity index (χ1v) is 7.44. The van der Waals surface area contributed by atoms with Crippen LogP contribution >= 0.6 is 11.8 Å². The van der Waals surface area contributed by atoms with Gasteiger partial charge in [0.25, 0.3) is 0 Å². The van der Waals surface area contributed by atoms with Crippen molar-refractivity contribution in [1.29, 1.82) is 0 Å². The Balaban J connectivity index is 2.08. The lowest BCUT2D eigenvalue weighted by Gasteiger charge is -2.10. The third-order valence-corrected chi connectivity index (χ3v) is 3.59. The molecule has 2 heterocycles. The molecular formula is C12H20N6OS. The molecule has 0 fully saturated rings. The topological polar surface area (TPSA) is 95.7 Å². The molecule has 0 aliphatic rings. The molecule has 0 spiro atoms. The Hall–Kier alpha value is -1.57. The number of nitrogens with zero attached hydrogens (tertiary/aromatic N) is 5. The maximum atomic E-state index is 5.80. The standard InChI is InChI=1S/C12H20N6OS/c1-7(2)18-10(13)15-16-11(18)20-6-8-14-9(19-17-8)12(3,4)5/h7H,6H2,1-5H3,(H2,13,15). The molecule has 110 valence electrons. The Kier molecular flexibility index (Phi) is 4.03. The van der Waals surface area contributed by atoms with Crippen LogP contribution in [0.1, 0.15) is 52.4 Å². The van der Waals surface area contributed by atoms with Gasteiger partial charge in [-0.1, -0.05) is 37.7 Å². The fourth-order valence-electron chi connectivity index (χ4n) is 1.62. The number of thioether (sulfide) groups is 1. The maximum absolute atomic E-state index is 5.80. The van der Waals surface area contributed by atoms with Crippen LogP contribution in [0.2, 0.25) is 0 Å². The van der Waals surface area contributed by atoms with Gasteiger partial charge >= 0.3 is 0 Å². The van der Waals surface area contributed by atoms with Crippen molar-refractivity contribution >= 4 is 17.7 Å². The van der Waals surface area contributed by atoms with E-state index in [2.05, 4.69) is 20.3 Å². The zero-order chi connectivity index (χ0) is 14.9. The summed E-state index contributed by atoms with van der Waals surface area (Å²) in [5, 5.41) is 12.7. The number of nitrogen functional groups attached to an aromatic ring is 1. The molecule has 0 saturated carbocycles. The molecule has 7 nitrogen and oxygen atoms in total. The number of rotatable bonds is 4.